The van der Waals surface area contributed by atoms with E-state index in [4.69, 9.17) is 9.84 Å². The van der Waals surface area contributed by atoms with Gasteiger partial charge in [0.15, 0.2) is 0 Å². The third kappa shape index (κ3) is 2.49. The summed E-state index contributed by atoms with van der Waals surface area (Å²) in [6.07, 6.45) is 5.01. The van der Waals surface area contributed by atoms with E-state index in [0.29, 0.717) is 12.3 Å². The first-order valence-electron chi connectivity index (χ1n) is 5.29. The van der Waals surface area contributed by atoms with Gasteiger partial charge in [-0.25, -0.2) is 4.79 Å². The van der Waals surface area contributed by atoms with Gasteiger partial charge >= 0.3 is 5.97 Å². The molecular formula is C11H14N2O3. The minimum atomic E-state index is -0.943. The van der Waals surface area contributed by atoms with E-state index in [2.05, 4.69) is 10.3 Å². The van der Waals surface area contributed by atoms with Gasteiger partial charge in [0.05, 0.1) is 24.1 Å². The number of hydrogen-bond donors (Lipinski definition) is 2. The highest BCUT2D eigenvalue weighted by atomic mass is 16.5. The summed E-state index contributed by atoms with van der Waals surface area (Å²) in [5, 5.41) is 12.2. The largest absolute Gasteiger partial charge is 0.478 e. The number of pyridine rings is 1. The average molecular weight is 222 g/mol. The van der Waals surface area contributed by atoms with Crippen molar-refractivity contribution in [1.29, 1.82) is 0 Å². The van der Waals surface area contributed by atoms with Crippen molar-refractivity contribution in [3.8, 4) is 0 Å². The third-order valence-corrected chi connectivity index (χ3v) is 2.57. The first kappa shape index (κ1) is 10.9. The summed E-state index contributed by atoms with van der Waals surface area (Å²) in [6, 6.07) is 1.67. The Morgan fingerprint density at radius 1 is 1.62 bits per heavy atom. The van der Waals surface area contributed by atoms with Crippen LogP contribution in [-0.2, 0) is 4.74 Å². The summed E-state index contributed by atoms with van der Waals surface area (Å²) < 4.78 is 5.32. The first-order valence-corrected chi connectivity index (χ1v) is 5.29. The normalized spacial score (nSPS) is 20.4. The predicted molar refractivity (Wildman–Crippen MR) is 58.7 cm³/mol. The zero-order valence-electron chi connectivity index (χ0n) is 8.85. The Bertz CT molecular complexity index is 375. The lowest BCUT2D eigenvalue weighted by atomic mass is 10.1. The lowest BCUT2D eigenvalue weighted by Gasteiger charge is -2.24. The number of nitrogens with one attached hydrogen (secondary N) is 1. The van der Waals surface area contributed by atoms with E-state index in [9.17, 15) is 4.79 Å². The number of hydrogen-bond acceptors (Lipinski definition) is 4. The molecule has 86 valence electrons. The lowest BCUT2D eigenvalue weighted by Crippen LogP contribution is -2.30. The Hall–Kier alpha value is -1.62. The van der Waals surface area contributed by atoms with Gasteiger partial charge in [0.25, 0.3) is 0 Å². The van der Waals surface area contributed by atoms with Crippen molar-refractivity contribution in [1.82, 2.24) is 4.98 Å². The minimum Gasteiger partial charge on any atom is -0.478 e. The molecule has 1 atom stereocenters. The minimum absolute atomic E-state index is 0.177. The van der Waals surface area contributed by atoms with Crippen molar-refractivity contribution in [3.05, 3.63) is 24.0 Å². The van der Waals surface area contributed by atoms with Crippen LogP contribution in [0.1, 0.15) is 23.2 Å². The number of ether oxygens (including phenoxy) is 1. The zero-order chi connectivity index (χ0) is 11.4. The fourth-order valence-electron chi connectivity index (χ4n) is 1.77. The van der Waals surface area contributed by atoms with E-state index in [-0.39, 0.29) is 11.6 Å². The Morgan fingerprint density at radius 2 is 2.50 bits per heavy atom. The molecular weight excluding hydrogens is 208 g/mol. The molecule has 0 saturated carbocycles. The van der Waals surface area contributed by atoms with Crippen LogP contribution in [-0.4, -0.2) is 35.3 Å². The second kappa shape index (κ2) is 4.94. The number of carboxylic acid groups (broad SMARTS) is 1. The monoisotopic (exact) mass is 222 g/mol. The highest BCUT2D eigenvalue weighted by molar-refractivity contribution is 5.93. The quantitative estimate of drug-likeness (QED) is 0.808. The molecule has 0 aliphatic carbocycles. The van der Waals surface area contributed by atoms with Crippen LogP contribution < -0.4 is 5.32 Å². The van der Waals surface area contributed by atoms with Crippen LogP contribution in [0.5, 0.6) is 0 Å². The zero-order valence-corrected chi connectivity index (χ0v) is 8.85. The second-order valence-electron chi connectivity index (χ2n) is 3.78. The van der Waals surface area contributed by atoms with Gasteiger partial charge < -0.3 is 15.2 Å². The molecule has 1 fully saturated rings. The van der Waals surface area contributed by atoms with Crippen LogP contribution in [0.4, 0.5) is 5.69 Å². The smallest absolute Gasteiger partial charge is 0.337 e. The fraction of sp³-hybridized carbons (Fsp3) is 0.455. The third-order valence-electron chi connectivity index (χ3n) is 2.57. The number of carbonyl (C=O) groups is 1. The summed E-state index contributed by atoms with van der Waals surface area (Å²) in [6.45, 7) is 1.41. The van der Waals surface area contributed by atoms with Crippen LogP contribution in [0.25, 0.3) is 0 Å². The van der Waals surface area contributed by atoms with E-state index in [1.807, 2.05) is 0 Å². The summed E-state index contributed by atoms with van der Waals surface area (Å²) in [7, 11) is 0. The van der Waals surface area contributed by atoms with Gasteiger partial charge in [-0.2, -0.15) is 0 Å². The molecule has 2 heterocycles. The highest BCUT2D eigenvalue weighted by Gasteiger charge is 2.16. The van der Waals surface area contributed by atoms with Crippen LogP contribution in [0.3, 0.4) is 0 Å². The van der Waals surface area contributed by atoms with Crippen molar-refractivity contribution in [2.45, 2.75) is 18.9 Å². The van der Waals surface area contributed by atoms with Gasteiger partial charge in [0.1, 0.15) is 0 Å². The molecule has 0 bridgehead atoms. The number of nitrogens with zero attached hydrogens (tertiary/aromatic N) is 1. The molecule has 1 unspecified atom stereocenters. The van der Waals surface area contributed by atoms with Gasteiger partial charge in [0.2, 0.25) is 0 Å². The predicted octanol–water partition coefficient (Wildman–Crippen LogP) is 1.37. The SMILES string of the molecule is O=C(O)c1ccncc1NC1CCCOC1. The molecule has 0 spiro atoms. The molecule has 1 aromatic heterocycles. The summed E-state index contributed by atoms with van der Waals surface area (Å²) in [5.74, 6) is -0.943. The molecule has 2 rings (SSSR count). The van der Waals surface area contributed by atoms with Gasteiger partial charge in [-0.3, -0.25) is 4.98 Å². The molecule has 0 aromatic carbocycles. The molecule has 0 amide bonds. The van der Waals surface area contributed by atoms with E-state index >= 15 is 0 Å². The lowest BCUT2D eigenvalue weighted by molar-refractivity contribution is 0.0696. The molecule has 5 heteroatoms. The maximum atomic E-state index is 11.0. The molecule has 1 saturated heterocycles. The number of aromatic nitrogens is 1. The maximum Gasteiger partial charge on any atom is 0.337 e. The van der Waals surface area contributed by atoms with Gasteiger partial charge in [-0.1, -0.05) is 0 Å². The number of anilines is 1. The number of rotatable bonds is 3. The van der Waals surface area contributed by atoms with E-state index in [0.717, 1.165) is 19.4 Å². The van der Waals surface area contributed by atoms with Gasteiger partial charge in [-0.15, -0.1) is 0 Å². The summed E-state index contributed by atoms with van der Waals surface area (Å²) >= 11 is 0. The van der Waals surface area contributed by atoms with Crippen molar-refractivity contribution < 1.29 is 14.6 Å². The first-order chi connectivity index (χ1) is 7.77. The van der Waals surface area contributed by atoms with E-state index in [1.54, 1.807) is 0 Å². The maximum absolute atomic E-state index is 11.0. The van der Waals surface area contributed by atoms with Gasteiger partial charge in [-0.05, 0) is 18.9 Å². The highest BCUT2D eigenvalue weighted by Crippen LogP contribution is 2.17. The van der Waals surface area contributed by atoms with Crippen molar-refractivity contribution in [3.63, 3.8) is 0 Å². The molecule has 1 aliphatic heterocycles. The fourth-order valence-corrected chi connectivity index (χ4v) is 1.77. The Kier molecular flexibility index (Phi) is 3.36. The molecule has 5 nitrogen and oxygen atoms in total. The topological polar surface area (TPSA) is 71.5 Å². The Labute approximate surface area is 93.5 Å². The van der Waals surface area contributed by atoms with Crippen molar-refractivity contribution in [2.24, 2.45) is 0 Å². The standard InChI is InChI=1S/C11H14N2O3/c14-11(15)9-3-4-12-6-10(9)13-8-2-1-5-16-7-8/h3-4,6,8,13H,1-2,5,7H2,(H,14,15). The molecule has 1 aromatic rings. The summed E-state index contributed by atoms with van der Waals surface area (Å²) in [5.41, 5.74) is 0.811. The van der Waals surface area contributed by atoms with E-state index < -0.39 is 5.97 Å². The van der Waals surface area contributed by atoms with Crippen molar-refractivity contribution >= 4 is 11.7 Å². The van der Waals surface area contributed by atoms with Crippen LogP contribution in [0.15, 0.2) is 18.5 Å². The molecule has 16 heavy (non-hydrogen) atoms. The molecule has 0 radical (unpaired) electrons. The van der Waals surface area contributed by atoms with Crippen LogP contribution in [0.2, 0.25) is 0 Å². The van der Waals surface area contributed by atoms with Gasteiger partial charge in [0, 0.05) is 18.8 Å². The Balaban J connectivity index is 2.10. The second-order valence-corrected chi connectivity index (χ2v) is 3.78. The van der Waals surface area contributed by atoms with Crippen LogP contribution >= 0.6 is 0 Å². The van der Waals surface area contributed by atoms with Crippen molar-refractivity contribution in [2.75, 3.05) is 18.5 Å². The summed E-state index contributed by atoms with van der Waals surface area (Å²) in [4.78, 5) is 14.9. The average Bonchev–Trinajstić information content (AvgIpc) is 2.31. The molecule has 1 aliphatic rings. The number of aromatic carboxylic acids is 1. The van der Waals surface area contributed by atoms with Crippen LogP contribution in [0, 0.1) is 0 Å². The number of carboxylic acids is 1. The van der Waals surface area contributed by atoms with E-state index in [1.165, 1.54) is 18.5 Å². The Morgan fingerprint density at radius 3 is 3.19 bits per heavy atom. The molecule has 2 N–H and O–H groups in total.